The molecule has 0 atom stereocenters. The van der Waals surface area contributed by atoms with Gasteiger partial charge in [0.1, 0.15) is 11.5 Å². The summed E-state index contributed by atoms with van der Waals surface area (Å²) >= 11 is 13.8. The fourth-order valence-electron chi connectivity index (χ4n) is 2.59. The maximum absolute atomic E-state index is 12.5. The number of aryl methyl sites for hydroxylation is 1. The molecule has 0 bridgehead atoms. The van der Waals surface area contributed by atoms with E-state index in [-0.39, 0.29) is 12.3 Å². The first-order valence-electron chi connectivity index (χ1n) is 7.66. The number of methoxy groups -OCH3 is 2. The summed E-state index contributed by atoms with van der Waals surface area (Å²) in [5, 5.41) is 1.14. The molecule has 8 heteroatoms. The third kappa shape index (κ3) is 3.58. The van der Waals surface area contributed by atoms with Crippen LogP contribution in [0.2, 0.25) is 10.0 Å². The second-order valence-electron chi connectivity index (χ2n) is 5.51. The minimum absolute atomic E-state index is 0.114. The number of carbonyl (C=O) groups is 1. The minimum atomic E-state index is -0.289. The molecule has 136 valence electrons. The van der Waals surface area contributed by atoms with Crippen LogP contribution in [0.3, 0.4) is 0 Å². The molecule has 1 amide bonds. The second-order valence-corrected chi connectivity index (χ2v) is 7.30. The molecule has 2 aromatic carbocycles. The molecule has 26 heavy (non-hydrogen) atoms. The molecule has 0 N–H and O–H groups in total. The summed E-state index contributed by atoms with van der Waals surface area (Å²) in [7, 11) is 4.93. The highest BCUT2D eigenvalue weighted by molar-refractivity contribution is 7.17. The fraction of sp³-hybridized carbons (Fsp3) is 0.222. The van der Waals surface area contributed by atoms with E-state index >= 15 is 0 Å². The summed E-state index contributed by atoms with van der Waals surface area (Å²) in [6, 6.07) is 8.78. The van der Waals surface area contributed by atoms with Crippen molar-refractivity contribution < 1.29 is 14.3 Å². The van der Waals surface area contributed by atoms with E-state index in [2.05, 4.69) is 4.99 Å². The highest BCUT2D eigenvalue weighted by Gasteiger charge is 2.13. The monoisotopic (exact) mass is 410 g/mol. The van der Waals surface area contributed by atoms with Crippen LogP contribution in [-0.2, 0) is 18.3 Å². The maximum atomic E-state index is 12.5. The van der Waals surface area contributed by atoms with Gasteiger partial charge < -0.3 is 14.0 Å². The van der Waals surface area contributed by atoms with Crippen LogP contribution in [-0.4, -0.2) is 24.7 Å². The van der Waals surface area contributed by atoms with Crippen molar-refractivity contribution in [3.05, 3.63) is 50.7 Å². The lowest BCUT2D eigenvalue weighted by molar-refractivity contribution is -0.117. The Hall–Kier alpha value is -2.02. The van der Waals surface area contributed by atoms with Crippen LogP contribution in [0.15, 0.2) is 35.3 Å². The zero-order valence-corrected chi connectivity index (χ0v) is 16.7. The normalized spacial score (nSPS) is 11.8. The maximum Gasteiger partial charge on any atom is 0.252 e. The number of benzene rings is 2. The average Bonchev–Trinajstić information content (AvgIpc) is 2.96. The van der Waals surface area contributed by atoms with Crippen LogP contribution >= 0.6 is 34.5 Å². The number of hydrogen-bond donors (Lipinski definition) is 0. The zero-order chi connectivity index (χ0) is 18.8. The third-order valence-electron chi connectivity index (χ3n) is 3.91. The van der Waals surface area contributed by atoms with E-state index in [1.165, 1.54) is 11.3 Å². The van der Waals surface area contributed by atoms with Gasteiger partial charge in [-0.3, -0.25) is 4.79 Å². The van der Waals surface area contributed by atoms with Crippen molar-refractivity contribution in [3.63, 3.8) is 0 Å². The summed E-state index contributed by atoms with van der Waals surface area (Å²) in [4.78, 5) is 17.2. The van der Waals surface area contributed by atoms with Crippen molar-refractivity contribution in [2.45, 2.75) is 6.42 Å². The van der Waals surface area contributed by atoms with Crippen molar-refractivity contribution >= 4 is 50.7 Å². The number of halogens is 2. The molecule has 1 aromatic heterocycles. The number of rotatable bonds is 4. The smallest absolute Gasteiger partial charge is 0.252 e. The number of hydrogen-bond acceptors (Lipinski definition) is 4. The Balaban J connectivity index is 1.98. The van der Waals surface area contributed by atoms with Crippen LogP contribution in [0, 0.1) is 0 Å². The molecule has 0 saturated heterocycles. The predicted octanol–water partition coefficient (Wildman–Crippen LogP) is 4.23. The lowest BCUT2D eigenvalue weighted by Crippen LogP contribution is -2.14. The first-order valence-corrected chi connectivity index (χ1v) is 9.23. The minimum Gasteiger partial charge on any atom is -0.497 e. The number of ether oxygens (including phenoxy) is 2. The van der Waals surface area contributed by atoms with E-state index in [0.717, 1.165) is 15.8 Å². The molecule has 0 aliphatic heterocycles. The van der Waals surface area contributed by atoms with E-state index in [4.69, 9.17) is 32.7 Å². The molecule has 0 radical (unpaired) electrons. The lowest BCUT2D eigenvalue weighted by Gasteiger charge is -2.08. The molecule has 5 nitrogen and oxygen atoms in total. The van der Waals surface area contributed by atoms with Gasteiger partial charge in [0, 0.05) is 18.7 Å². The van der Waals surface area contributed by atoms with Gasteiger partial charge in [-0.15, -0.1) is 0 Å². The first-order chi connectivity index (χ1) is 12.4. The van der Waals surface area contributed by atoms with Crippen LogP contribution < -0.4 is 14.3 Å². The molecule has 0 spiro atoms. The van der Waals surface area contributed by atoms with Crippen molar-refractivity contribution in [2.24, 2.45) is 12.0 Å². The van der Waals surface area contributed by atoms with Gasteiger partial charge in [-0.2, -0.15) is 4.99 Å². The Bertz CT molecular complexity index is 1060. The number of amides is 1. The summed E-state index contributed by atoms with van der Waals surface area (Å²) in [6.45, 7) is 0. The van der Waals surface area contributed by atoms with E-state index < -0.39 is 0 Å². The standard InChI is InChI=1S/C18H16Cl2N2O3S/c1-22-16-12(19)6-7-13(20)17(16)26-18(22)21-15(23)8-10-4-5-11(24-2)9-14(10)25-3/h4-7,9H,8H2,1-3H3. The van der Waals surface area contributed by atoms with Crippen LogP contribution in [0.5, 0.6) is 11.5 Å². The van der Waals surface area contributed by atoms with Gasteiger partial charge in [-0.1, -0.05) is 40.6 Å². The van der Waals surface area contributed by atoms with E-state index in [1.807, 2.05) is 0 Å². The topological polar surface area (TPSA) is 52.8 Å². The Morgan fingerprint density at radius 3 is 2.54 bits per heavy atom. The largest absolute Gasteiger partial charge is 0.497 e. The highest BCUT2D eigenvalue weighted by Crippen LogP contribution is 2.31. The summed E-state index contributed by atoms with van der Waals surface area (Å²) in [5.41, 5.74) is 1.50. The van der Waals surface area contributed by atoms with Gasteiger partial charge in [0.05, 0.1) is 40.9 Å². The molecule has 1 heterocycles. The molecule has 3 aromatic rings. The van der Waals surface area contributed by atoms with Crippen molar-refractivity contribution in [2.75, 3.05) is 14.2 Å². The fourth-order valence-corrected chi connectivity index (χ4v) is 4.27. The van der Waals surface area contributed by atoms with Crippen LogP contribution in [0.25, 0.3) is 10.2 Å². The van der Waals surface area contributed by atoms with Crippen molar-refractivity contribution in [1.29, 1.82) is 0 Å². The van der Waals surface area contributed by atoms with E-state index in [0.29, 0.717) is 26.3 Å². The third-order valence-corrected chi connectivity index (χ3v) is 5.80. The number of fused-ring (bicyclic) bond motifs is 1. The van der Waals surface area contributed by atoms with Gasteiger partial charge in [0.25, 0.3) is 5.91 Å². The number of aromatic nitrogens is 1. The molecule has 0 aliphatic carbocycles. The molecule has 0 aliphatic rings. The Morgan fingerprint density at radius 1 is 1.15 bits per heavy atom. The van der Waals surface area contributed by atoms with Gasteiger partial charge in [-0.25, -0.2) is 0 Å². The Kier molecular flexibility index (Phi) is 5.55. The second kappa shape index (κ2) is 7.70. The van der Waals surface area contributed by atoms with Gasteiger partial charge in [0.2, 0.25) is 0 Å². The highest BCUT2D eigenvalue weighted by atomic mass is 35.5. The number of carbonyl (C=O) groups excluding carboxylic acids is 1. The molecule has 0 unspecified atom stereocenters. The zero-order valence-electron chi connectivity index (χ0n) is 14.4. The predicted molar refractivity (Wildman–Crippen MR) is 105 cm³/mol. The molecular weight excluding hydrogens is 395 g/mol. The first kappa shape index (κ1) is 18.8. The number of nitrogens with zero attached hydrogens (tertiary/aromatic N) is 2. The molecule has 3 rings (SSSR count). The SMILES string of the molecule is COc1ccc(CC(=O)N=c2sc3c(Cl)ccc(Cl)c3n2C)c(OC)c1. The summed E-state index contributed by atoms with van der Waals surface area (Å²) in [6.07, 6.45) is 0.114. The Morgan fingerprint density at radius 2 is 1.88 bits per heavy atom. The van der Waals surface area contributed by atoms with Gasteiger partial charge >= 0.3 is 0 Å². The van der Waals surface area contributed by atoms with Gasteiger partial charge in [-0.05, 0) is 18.2 Å². The van der Waals surface area contributed by atoms with E-state index in [1.54, 1.807) is 56.2 Å². The number of thiazole rings is 1. The lowest BCUT2D eigenvalue weighted by atomic mass is 10.1. The van der Waals surface area contributed by atoms with Crippen LogP contribution in [0.1, 0.15) is 5.56 Å². The molecule has 0 saturated carbocycles. The summed E-state index contributed by atoms with van der Waals surface area (Å²) in [5.74, 6) is 0.956. The van der Waals surface area contributed by atoms with Crippen LogP contribution in [0.4, 0.5) is 0 Å². The quantitative estimate of drug-likeness (QED) is 0.646. The van der Waals surface area contributed by atoms with E-state index in [9.17, 15) is 4.79 Å². The Labute approximate surface area is 164 Å². The van der Waals surface area contributed by atoms with Gasteiger partial charge in [0.15, 0.2) is 4.80 Å². The summed E-state index contributed by atoms with van der Waals surface area (Å²) < 4.78 is 13.1. The molecular formula is C18H16Cl2N2O3S. The molecule has 0 fully saturated rings. The van der Waals surface area contributed by atoms with Crippen molar-refractivity contribution in [1.82, 2.24) is 4.57 Å². The average molecular weight is 411 g/mol. The van der Waals surface area contributed by atoms with Crippen molar-refractivity contribution in [3.8, 4) is 11.5 Å².